The molecule has 1 atom stereocenters. The van der Waals surface area contributed by atoms with Gasteiger partial charge in [0.15, 0.2) is 0 Å². The molecular formula is C13H20N2O2S. The lowest BCUT2D eigenvalue weighted by Crippen LogP contribution is -2.49. The molecule has 5 heteroatoms. The maximum atomic E-state index is 11.9. The summed E-state index contributed by atoms with van der Waals surface area (Å²) in [7, 11) is 0. The third-order valence-electron chi connectivity index (χ3n) is 3.11. The van der Waals surface area contributed by atoms with E-state index in [1.165, 1.54) is 4.88 Å². The van der Waals surface area contributed by atoms with Crippen molar-refractivity contribution >= 4 is 17.2 Å². The average molecular weight is 268 g/mol. The molecule has 1 aromatic heterocycles. The number of thiophene rings is 1. The van der Waals surface area contributed by atoms with Crippen molar-refractivity contribution in [1.29, 1.82) is 0 Å². The zero-order valence-corrected chi connectivity index (χ0v) is 11.7. The Bertz CT molecular complexity index is 384. The number of carbonyl (C=O) groups is 1. The summed E-state index contributed by atoms with van der Waals surface area (Å²) in [5, 5.41) is 8.20. The molecule has 2 rings (SSSR count). The normalized spacial score (nSPS) is 20.7. The van der Waals surface area contributed by atoms with Gasteiger partial charge in [-0.05, 0) is 11.4 Å². The Kier molecular flexibility index (Phi) is 4.37. The maximum absolute atomic E-state index is 11.9. The minimum absolute atomic E-state index is 0.0215. The smallest absolute Gasteiger partial charge is 0.250 e. The van der Waals surface area contributed by atoms with Crippen molar-refractivity contribution in [3.05, 3.63) is 22.4 Å². The Morgan fingerprint density at radius 1 is 1.67 bits per heavy atom. The number of ether oxygens (including phenoxy) is 1. The number of hydrogen-bond donors (Lipinski definition) is 2. The van der Waals surface area contributed by atoms with E-state index in [-0.39, 0.29) is 17.4 Å². The van der Waals surface area contributed by atoms with Crippen molar-refractivity contribution < 1.29 is 9.53 Å². The van der Waals surface area contributed by atoms with Crippen molar-refractivity contribution in [2.45, 2.75) is 25.4 Å². The fourth-order valence-electron chi connectivity index (χ4n) is 1.91. The van der Waals surface area contributed by atoms with E-state index in [4.69, 9.17) is 4.74 Å². The van der Waals surface area contributed by atoms with E-state index in [1.54, 1.807) is 11.3 Å². The van der Waals surface area contributed by atoms with Crippen LogP contribution in [0.4, 0.5) is 0 Å². The lowest BCUT2D eigenvalue weighted by molar-refractivity contribution is -0.134. The minimum Gasteiger partial charge on any atom is -0.366 e. The van der Waals surface area contributed by atoms with Gasteiger partial charge in [-0.25, -0.2) is 0 Å². The van der Waals surface area contributed by atoms with Crippen LogP contribution in [0.25, 0.3) is 0 Å². The first kappa shape index (κ1) is 13.5. The fraction of sp³-hybridized carbons (Fsp3) is 0.615. The first-order valence-corrected chi connectivity index (χ1v) is 7.11. The van der Waals surface area contributed by atoms with Crippen molar-refractivity contribution in [3.8, 4) is 0 Å². The molecule has 1 fully saturated rings. The van der Waals surface area contributed by atoms with Crippen LogP contribution in [0.1, 0.15) is 18.7 Å². The van der Waals surface area contributed by atoms with E-state index >= 15 is 0 Å². The van der Waals surface area contributed by atoms with Gasteiger partial charge in [0.25, 0.3) is 0 Å². The predicted octanol–water partition coefficient (Wildman–Crippen LogP) is 1.13. The summed E-state index contributed by atoms with van der Waals surface area (Å²) in [6.45, 7) is 6.94. The van der Waals surface area contributed by atoms with Gasteiger partial charge >= 0.3 is 0 Å². The van der Waals surface area contributed by atoms with Crippen molar-refractivity contribution in [3.63, 3.8) is 0 Å². The van der Waals surface area contributed by atoms with E-state index in [9.17, 15) is 4.79 Å². The molecule has 100 valence electrons. The summed E-state index contributed by atoms with van der Waals surface area (Å²) in [6.07, 6.45) is -0.349. The number of morpholine rings is 1. The highest BCUT2D eigenvalue weighted by Gasteiger charge is 2.26. The number of amides is 1. The second-order valence-corrected chi connectivity index (χ2v) is 6.09. The summed E-state index contributed by atoms with van der Waals surface area (Å²) in [4.78, 5) is 13.2. The first-order valence-electron chi connectivity index (χ1n) is 6.23. The van der Waals surface area contributed by atoms with Crippen molar-refractivity contribution in [2.24, 2.45) is 0 Å². The molecule has 1 amide bonds. The summed E-state index contributed by atoms with van der Waals surface area (Å²) in [6, 6.07) is 4.15. The quantitative estimate of drug-likeness (QED) is 0.860. The minimum atomic E-state index is -0.349. The first-order chi connectivity index (χ1) is 8.59. The fourth-order valence-corrected chi connectivity index (χ4v) is 2.76. The van der Waals surface area contributed by atoms with Crippen LogP contribution < -0.4 is 10.6 Å². The van der Waals surface area contributed by atoms with Gasteiger partial charge < -0.3 is 15.4 Å². The van der Waals surface area contributed by atoms with Crippen LogP contribution in [0.2, 0.25) is 0 Å². The topological polar surface area (TPSA) is 50.4 Å². The zero-order chi connectivity index (χ0) is 13.0. The van der Waals surface area contributed by atoms with Gasteiger partial charge in [0, 0.05) is 29.9 Å². The van der Waals surface area contributed by atoms with Gasteiger partial charge in [-0.2, -0.15) is 0 Å². The van der Waals surface area contributed by atoms with Gasteiger partial charge in [-0.1, -0.05) is 19.9 Å². The average Bonchev–Trinajstić information content (AvgIpc) is 2.92. The molecule has 18 heavy (non-hydrogen) atoms. The summed E-state index contributed by atoms with van der Waals surface area (Å²) >= 11 is 1.72. The molecule has 0 aliphatic carbocycles. The van der Waals surface area contributed by atoms with Crippen LogP contribution in [0.5, 0.6) is 0 Å². The van der Waals surface area contributed by atoms with E-state index < -0.39 is 0 Å². The monoisotopic (exact) mass is 268 g/mol. The molecule has 2 N–H and O–H groups in total. The van der Waals surface area contributed by atoms with Crippen LogP contribution in [-0.2, 0) is 14.9 Å². The van der Waals surface area contributed by atoms with E-state index in [2.05, 4.69) is 35.9 Å². The van der Waals surface area contributed by atoms with E-state index in [1.807, 2.05) is 6.07 Å². The third-order valence-corrected chi connectivity index (χ3v) is 4.35. The highest BCUT2D eigenvalue weighted by atomic mass is 32.1. The maximum Gasteiger partial charge on any atom is 0.250 e. The Labute approximate surface area is 112 Å². The van der Waals surface area contributed by atoms with Crippen LogP contribution in [0, 0.1) is 0 Å². The van der Waals surface area contributed by atoms with E-state index in [0.29, 0.717) is 19.7 Å². The highest BCUT2D eigenvalue weighted by molar-refractivity contribution is 7.10. The lowest BCUT2D eigenvalue weighted by Gasteiger charge is -2.27. The van der Waals surface area contributed by atoms with Crippen LogP contribution in [0.15, 0.2) is 17.5 Å². The van der Waals surface area contributed by atoms with Crippen molar-refractivity contribution in [2.75, 3.05) is 26.2 Å². The van der Waals surface area contributed by atoms with Crippen LogP contribution in [0.3, 0.4) is 0 Å². The Morgan fingerprint density at radius 2 is 2.50 bits per heavy atom. The SMILES string of the molecule is CC(C)(CNC(=O)C1CNCCO1)c1cccs1. The number of hydrogen-bond acceptors (Lipinski definition) is 4. The summed E-state index contributed by atoms with van der Waals surface area (Å²) in [5.41, 5.74) is -0.0358. The highest BCUT2D eigenvalue weighted by Crippen LogP contribution is 2.26. The number of rotatable bonds is 4. The molecule has 1 aromatic rings. The molecule has 2 heterocycles. The Balaban J connectivity index is 1.85. The second-order valence-electron chi connectivity index (χ2n) is 5.14. The molecular weight excluding hydrogens is 248 g/mol. The van der Waals surface area contributed by atoms with Gasteiger partial charge in [0.1, 0.15) is 6.10 Å². The molecule has 0 bridgehead atoms. The second kappa shape index (κ2) is 5.82. The van der Waals surface area contributed by atoms with Gasteiger partial charge in [-0.15, -0.1) is 11.3 Å². The van der Waals surface area contributed by atoms with Crippen LogP contribution in [-0.4, -0.2) is 38.3 Å². The molecule has 0 aromatic carbocycles. The standard InChI is InChI=1S/C13H20N2O2S/c1-13(2,11-4-3-7-18-11)9-15-12(16)10-8-14-5-6-17-10/h3-4,7,10,14H,5-6,8-9H2,1-2H3,(H,15,16). The number of carbonyl (C=O) groups excluding carboxylic acids is 1. The summed E-state index contributed by atoms with van der Waals surface area (Å²) < 4.78 is 5.42. The lowest BCUT2D eigenvalue weighted by atomic mass is 9.91. The summed E-state index contributed by atoms with van der Waals surface area (Å²) in [5.74, 6) is -0.0215. The van der Waals surface area contributed by atoms with Crippen molar-refractivity contribution in [1.82, 2.24) is 10.6 Å². The zero-order valence-electron chi connectivity index (χ0n) is 10.9. The molecule has 1 unspecified atom stereocenters. The largest absolute Gasteiger partial charge is 0.366 e. The molecule has 4 nitrogen and oxygen atoms in total. The molecule has 0 radical (unpaired) electrons. The Hall–Kier alpha value is -0.910. The third kappa shape index (κ3) is 3.31. The van der Waals surface area contributed by atoms with Gasteiger partial charge in [0.2, 0.25) is 5.91 Å². The van der Waals surface area contributed by atoms with Gasteiger partial charge in [0.05, 0.1) is 6.61 Å². The predicted molar refractivity (Wildman–Crippen MR) is 73.0 cm³/mol. The molecule has 0 spiro atoms. The molecule has 1 aliphatic heterocycles. The Morgan fingerprint density at radius 3 is 3.11 bits per heavy atom. The van der Waals surface area contributed by atoms with Gasteiger partial charge in [-0.3, -0.25) is 4.79 Å². The number of nitrogens with one attached hydrogen (secondary N) is 2. The molecule has 1 aliphatic rings. The van der Waals surface area contributed by atoms with E-state index in [0.717, 1.165) is 6.54 Å². The van der Waals surface area contributed by atoms with Crippen LogP contribution >= 0.6 is 11.3 Å². The molecule has 1 saturated heterocycles. The molecule has 0 saturated carbocycles.